The van der Waals surface area contributed by atoms with Crippen LogP contribution >= 0.6 is 0 Å². The Kier molecular flexibility index (Phi) is 12.0. The van der Waals surface area contributed by atoms with E-state index in [9.17, 15) is 33.9 Å². The van der Waals surface area contributed by atoms with E-state index in [0.717, 1.165) is 10.9 Å². The van der Waals surface area contributed by atoms with Gasteiger partial charge in [-0.05, 0) is 37.4 Å². The van der Waals surface area contributed by atoms with Gasteiger partial charge in [0.15, 0.2) is 0 Å². The number of hydrogen-bond donors (Lipinski definition) is 9. The van der Waals surface area contributed by atoms with Crippen LogP contribution < -0.4 is 33.2 Å². The average molecular weight is 562 g/mol. The quantitative estimate of drug-likeness (QED) is 0.0963. The maximum Gasteiger partial charge on any atom is 0.326 e. The Morgan fingerprint density at radius 1 is 0.850 bits per heavy atom. The lowest BCUT2D eigenvalue weighted by atomic mass is 10.0. The largest absolute Gasteiger partial charge is 0.481 e. The number of carboxylic acid groups (broad SMARTS) is 2. The Morgan fingerprint density at radius 3 is 2.10 bits per heavy atom. The number of aliphatic carboxylic acids is 2. The molecule has 2 rings (SSSR count). The summed E-state index contributed by atoms with van der Waals surface area (Å²) in [6.45, 7) is 0.308. The van der Waals surface area contributed by atoms with Crippen LogP contribution in [0.1, 0.15) is 37.7 Å². The zero-order valence-corrected chi connectivity index (χ0v) is 21.7. The fraction of sp³-hybridized carbons (Fsp3) is 0.440. The van der Waals surface area contributed by atoms with Gasteiger partial charge in [0.2, 0.25) is 23.6 Å². The second-order valence-electron chi connectivity index (χ2n) is 9.24. The van der Waals surface area contributed by atoms with Gasteiger partial charge in [0.25, 0.3) is 0 Å². The summed E-state index contributed by atoms with van der Waals surface area (Å²) in [7, 11) is 0. The van der Waals surface area contributed by atoms with E-state index in [1.54, 1.807) is 12.3 Å². The van der Waals surface area contributed by atoms with Crippen molar-refractivity contribution in [3.05, 3.63) is 36.0 Å². The standard InChI is InChI=1S/C25H35N7O8/c26-8-4-3-7-17(23(37)32-19(25(39)40)11-20(28)33)30-24(38)18(31-22(36)15(27)10-21(34)35)9-13-12-29-16-6-2-1-5-14(13)16/h1-2,5-6,12,15,17-19,29H,3-4,7-11,26-27H2,(H2,28,33)(H,30,38)(H,31,36)(H,32,37)(H,34,35)(H,39,40). The van der Waals surface area contributed by atoms with E-state index >= 15 is 0 Å². The predicted molar refractivity (Wildman–Crippen MR) is 142 cm³/mol. The molecule has 0 aliphatic heterocycles. The lowest BCUT2D eigenvalue weighted by Gasteiger charge is -2.25. The van der Waals surface area contributed by atoms with Gasteiger partial charge in [0.1, 0.15) is 18.1 Å². The number of H-pyrrole nitrogens is 1. The third kappa shape index (κ3) is 9.67. The second kappa shape index (κ2) is 15.2. The lowest BCUT2D eigenvalue weighted by molar-refractivity contribution is -0.143. The number of benzene rings is 1. The highest BCUT2D eigenvalue weighted by molar-refractivity contribution is 5.96. The molecule has 4 amide bonds. The number of rotatable bonds is 17. The van der Waals surface area contributed by atoms with Crippen LogP contribution in [0.25, 0.3) is 10.9 Å². The maximum absolute atomic E-state index is 13.4. The van der Waals surface area contributed by atoms with Gasteiger partial charge in [-0.3, -0.25) is 24.0 Å². The maximum atomic E-state index is 13.4. The van der Waals surface area contributed by atoms with E-state index in [1.807, 2.05) is 18.2 Å². The monoisotopic (exact) mass is 561 g/mol. The fourth-order valence-corrected chi connectivity index (χ4v) is 4.00. The molecule has 1 aromatic carbocycles. The molecule has 0 aliphatic rings. The van der Waals surface area contributed by atoms with Crippen LogP contribution in [-0.4, -0.2) is 81.5 Å². The zero-order valence-electron chi connectivity index (χ0n) is 21.7. The van der Waals surface area contributed by atoms with Gasteiger partial charge in [0, 0.05) is 23.5 Å². The number of hydrogen-bond acceptors (Lipinski definition) is 8. The average Bonchev–Trinajstić information content (AvgIpc) is 3.29. The topological polar surface area (TPSA) is 273 Å². The van der Waals surface area contributed by atoms with Crippen molar-refractivity contribution in [1.82, 2.24) is 20.9 Å². The molecule has 15 nitrogen and oxygen atoms in total. The smallest absolute Gasteiger partial charge is 0.326 e. The van der Waals surface area contributed by atoms with Crippen molar-refractivity contribution in [2.24, 2.45) is 17.2 Å². The van der Waals surface area contributed by atoms with Gasteiger partial charge < -0.3 is 48.3 Å². The molecular weight excluding hydrogens is 526 g/mol. The summed E-state index contributed by atoms with van der Waals surface area (Å²) in [4.78, 5) is 75.9. The Bertz CT molecular complexity index is 1230. The van der Waals surface area contributed by atoms with Gasteiger partial charge in [-0.1, -0.05) is 18.2 Å². The molecule has 4 atom stereocenters. The molecule has 0 bridgehead atoms. The number of primary amides is 1. The van der Waals surface area contributed by atoms with Crippen LogP contribution in [0.5, 0.6) is 0 Å². The van der Waals surface area contributed by atoms with Crippen LogP contribution in [-0.2, 0) is 35.2 Å². The van der Waals surface area contributed by atoms with E-state index in [2.05, 4.69) is 20.9 Å². The summed E-state index contributed by atoms with van der Waals surface area (Å²) in [6.07, 6.45) is 1.25. The molecule has 218 valence electrons. The van der Waals surface area contributed by atoms with E-state index in [4.69, 9.17) is 22.3 Å². The van der Waals surface area contributed by atoms with Gasteiger partial charge in [-0.2, -0.15) is 0 Å². The molecule has 0 fully saturated rings. The molecule has 4 unspecified atom stereocenters. The number of aromatic amines is 1. The number of fused-ring (bicyclic) bond motifs is 1. The second-order valence-corrected chi connectivity index (χ2v) is 9.24. The minimum absolute atomic E-state index is 0.0437. The molecule has 0 spiro atoms. The molecular formula is C25H35N7O8. The predicted octanol–water partition coefficient (Wildman–Crippen LogP) is -1.94. The lowest BCUT2D eigenvalue weighted by Crippen LogP contribution is -2.58. The highest BCUT2D eigenvalue weighted by Crippen LogP contribution is 2.19. The minimum atomic E-state index is -1.62. The van der Waals surface area contributed by atoms with E-state index in [0.29, 0.717) is 24.9 Å². The van der Waals surface area contributed by atoms with Crippen molar-refractivity contribution in [1.29, 1.82) is 0 Å². The third-order valence-electron chi connectivity index (χ3n) is 6.06. The number of aromatic nitrogens is 1. The number of nitrogens with two attached hydrogens (primary N) is 3. The van der Waals surface area contributed by atoms with Gasteiger partial charge in [-0.25, -0.2) is 4.79 Å². The van der Waals surface area contributed by atoms with Crippen molar-refractivity contribution in [2.45, 2.75) is 62.7 Å². The van der Waals surface area contributed by atoms with E-state index in [1.165, 1.54) is 0 Å². The molecule has 12 N–H and O–H groups in total. The van der Waals surface area contributed by atoms with Crippen molar-refractivity contribution in [3.8, 4) is 0 Å². The normalized spacial score (nSPS) is 13.9. The summed E-state index contributed by atoms with van der Waals surface area (Å²) in [5, 5.41) is 26.3. The number of unbranched alkanes of at least 4 members (excludes halogenated alkanes) is 1. The summed E-state index contributed by atoms with van der Waals surface area (Å²) < 4.78 is 0. The first-order valence-electron chi connectivity index (χ1n) is 12.6. The van der Waals surface area contributed by atoms with Crippen LogP contribution in [0.2, 0.25) is 0 Å². The first-order chi connectivity index (χ1) is 18.9. The molecule has 40 heavy (non-hydrogen) atoms. The molecule has 0 saturated heterocycles. The van der Waals surface area contributed by atoms with E-state index < -0.39 is 72.6 Å². The number of nitrogens with one attached hydrogen (secondary N) is 4. The SMILES string of the molecule is NCCCCC(NC(=O)C(Cc1c[nH]c2ccccc12)NC(=O)C(N)CC(=O)O)C(=O)NC(CC(N)=O)C(=O)O. The molecule has 1 heterocycles. The Hall–Kier alpha value is -4.50. The number of carbonyl (C=O) groups excluding carboxylic acids is 4. The van der Waals surface area contributed by atoms with Gasteiger partial charge >= 0.3 is 11.9 Å². The van der Waals surface area contributed by atoms with Crippen molar-refractivity contribution in [3.63, 3.8) is 0 Å². The first-order valence-corrected chi connectivity index (χ1v) is 12.6. The van der Waals surface area contributed by atoms with Crippen LogP contribution in [0, 0.1) is 0 Å². The highest BCUT2D eigenvalue weighted by Gasteiger charge is 2.31. The van der Waals surface area contributed by atoms with Gasteiger partial charge in [-0.15, -0.1) is 0 Å². The van der Waals surface area contributed by atoms with Crippen molar-refractivity contribution < 1.29 is 39.0 Å². The third-order valence-corrected chi connectivity index (χ3v) is 6.06. The summed E-state index contributed by atoms with van der Waals surface area (Å²) in [5.74, 6) is -6.30. The number of amides is 4. The number of carboxylic acids is 2. The molecule has 0 saturated carbocycles. The van der Waals surface area contributed by atoms with E-state index in [-0.39, 0.29) is 12.8 Å². The molecule has 0 radical (unpaired) electrons. The Labute approximate surface area is 229 Å². The van der Waals surface area contributed by atoms with Crippen molar-refractivity contribution >= 4 is 46.5 Å². The number of para-hydroxylation sites is 1. The molecule has 2 aromatic rings. The highest BCUT2D eigenvalue weighted by atomic mass is 16.4. The minimum Gasteiger partial charge on any atom is -0.481 e. The van der Waals surface area contributed by atoms with Crippen LogP contribution in [0.3, 0.4) is 0 Å². The zero-order chi connectivity index (χ0) is 29.8. The molecule has 15 heteroatoms. The summed E-state index contributed by atoms with van der Waals surface area (Å²) >= 11 is 0. The van der Waals surface area contributed by atoms with Crippen LogP contribution in [0.4, 0.5) is 0 Å². The number of carbonyl (C=O) groups is 6. The Morgan fingerprint density at radius 2 is 1.48 bits per heavy atom. The summed E-state index contributed by atoms with van der Waals surface area (Å²) in [5.41, 5.74) is 17.7. The Balaban J connectivity index is 2.31. The first kappa shape index (κ1) is 31.7. The molecule has 0 aliphatic carbocycles. The molecule has 1 aromatic heterocycles. The fourth-order valence-electron chi connectivity index (χ4n) is 4.00. The van der Waals surface area contributed by atoms with Crippen LogP contribution in [0.15, 0.2) is 30.5 Å². The van der Waals surface area contributed by atoms with Crippen molar-refractivity contribution in [2.75, 3.05) is 6.54 Å². The van der Waals surface area contributed by atoms with Gasteiger partial charge in [0.05, 0.1) is 18.9 Å². The summed E-state index contributed by atoms with van der Waals surface area (Å²) in [6, 6.07) is 1.64.